The van der Waals surface area contributed by atoms with Gasteiger partial charge < -0.3 is 5.11 Å². The Labute approximate surface area is 114 Å². The van der Waals surface area contributed by atoms with Crippen LogP contribution in [0.1, 0.15) is 22.9 Å². The number of hydrogen-bond donors (Lipinski definition) is 1. The summed E-state index contributed by atoms with van der Waals surface area (Å²) in [5.74, 6) is 0. The first-order valence-corrected chi connectivity index (χ1v) is 7.18. The van der Waals surface area contributed by atoms with E-state index in [1.807, 2.05) is 43.5 Å². The van der Waals surface area contributed by atoms with E-state index >= 15 is 0 Å². The molecule has 0 fully saturated rings. The van der Waals surface area contributed by atoms with Crippen LogP contribution in [0.5, 0.6) is 0 Å². The molecule has 3 heteroatoms. The van der Waals surface area contributed by atoms with Crippen LogP contribution >= 0.6 is 27.3 Å². The topological polar surface area (TPSA) is 20.2 Å². The Morgan fingerprint density at radius 1 is 1.29 bits per heavy atom. The molecule has 17 heavy (non-hydrogen) atoms. The highest BCUT2D eigenvalue weighted by molar-refractivity contribution is 9.10. The lowest BCUT2D eigenvalue weighted by molar-refractivity contribution is 0.0607. The molecule has 1 unspecified atom stereocenters. The van der Waals surface area contributed by atoms with Crippen LogP contribution in [-0.2, 0) is 12.0 Å². The molecule has 0 spiro atoms. The molecule has 2 aromatic rings. The minimum absolute atomic E-state index is 0.621. The summed E-state index contributed by atoms with van der Waals surface area (Å²) >= 11 is 5.14. The maximum Gasteiger partial charge on any atom is 0.100 e. The van der Waals surface area contributed by atoms with E-state index in [0.717, 1.165) is 20.5 Å². The van der Waals surface area contributed by atoms with Gasteiger partial charge in [-0.1, -0.05) is 34.1 Å². The van der Waals surface area contributed by atoms with Crippen molar-refractivity contribution in [2.24, 2.45) is 0 Å². The molecular formula is C14H15BrOS. The second-order valence-electron chi connectivity index (χ2n) is 4.47. The third-order valence-corrected chi connectivity index (χ3v) is 4.89. The van der Waals surface area contributed by atoms with E-state index in [9.17, 15) is 5.11 Å². The van der Waals surface area contributed by atoms with E-state index in [0.29, 0.717) is 6.42 Å². The van der Waals surface area contributed by atoms with Gasteiger partial charge in [0.2, 0.25) is 0 Å². The second kappa shape index (κ2) is 4.92. The van der Waals surface area contributed by atoms with Crippen molar-refractivity contribution in [3.05, 3.63) is 56.2 Å². The van der Waals surface area contributed by atoms with Crippen molar-refractivity contribution in [2.75, 3.05) is 0 Å². The molecule has 90 valence electrons. The molecule has 0 aliphatic heterocycles. The van der Waals surface area contributed by atoms with Gasteiger partial charge in [0.05, 0.1) is 0 Å². The maximum absolute atomic E-state index is 10.6. The second-order valence-corrected chi connectivity index (χ2v) is 6.25. The van der Waals surface area contributed by atoms with Gasteiger partial charge in [-0.3, -0.25) is 0 Å². The summed E-state index contributed by atoms with van der Waals surface area (Å²) in [4.78, 5) is 1.05. The van der Waals surface area contributed by atoms with Gasteiger partial charge in [0, 0.05) is 15.8 Å². The monoisotopic (exact) mass is 310 g/mol. The molecule has 0 radical (unpaired) electrons. The quantitative estimate of drug-likeness (QED) is 0.897. The average molecular weight is 311 g/mol. The van der Waals surface area contributed by atoms with E-state index < -0.39 is 5.60 Å². The van der Waals surface area contributed by atoms with Crippen LogP contribution in [0.3, 0.4) is 0 Å². The van der Waals surface area contributed by atoms with Gasteiger partial charge in [-0.25, -0.2) is 0 Å². The summed E-state index contributed by atoms with van der Waals surface area (Å²) < 4.78 is 1.05. The molecule has 1 atom stereocenters. The van der Waals surface area contributed by atoms with E-state index in [-0.39, 0.29) is 0 Å². The zero-order chi connectivity index (χ0) is 12.5. The largest absolute Gasteiger partial charge is 0.384 e. The first-order chi connectivity index (χ1) is 8.00. The Kier molecular flexibility index (Phi) is 3.71. The molecule has 0 aliphatic rings. The summed E-state index contributed by atoms with van der Waals surface area (Å²) in [6.07, 6.45) is 0.621. The van der Waals surface area contributed by atoms with Gasteiger partial charge in [0.15, 0.2) is 0 Å². The fourth-order valence-corrected chi connectivity index (χ4v) is 3.43. The zero-order valence-electron chi connectivity index (χ0n) is 9.90. The number of aliphatic hydroxyl groups is 1. The van der Waals surface area contributed by atoms with Crippen LogP contribution in [0.25, 0.3) is 0 Å². The number of benzene rings is 1. The van der Waals surface area contributed by atoms with E-state index in [4.69, 9.17) is 0 Å². The zero-order valence-corrected chi connectivity index (χ0v) is 12.3. The Bertz CT molecular complexity index is 516. The van der Waals surface area contributed by atoms with Gasteiger partial charge in [-0.15, -0.1) is 11.3 Å². The molecule has 1 N–H and O–H groups in total. The molecule has 0 amide bonds. The predicted octanol–water partition coefficient (Wildman–Crippen LogP) is 4.27. The Hall–Kier alpha value is -0.640. The van der Waals surface area contributed by atoms with Crippen molar-refractivity contribution in [3.8, 4) is 0 Å². The summed E-state index contributed by atoms with van der Waals surface area (Å²) in [7, 11) is 0. The highest BCUT2D eigenvalue weighted by Crippen LogP contribution is 2.33. The Morgan fingerprint density at radius 3 is 2.59 bits per heavy atom. The van der Waals surface area contributed by atoms with Gasteiger partial charge in [-0.2, -0.15) is 0 Å². The fraction of sp³-hybridized carbons (Fsp3) is 0.286. The van der Waals surface area contributed by atoms with Crippen LogP contribution in [0.4, 0.5) is 0 Å². The van der Waals surface area contributed by atoms with Crippen molar-refractivity contribution in [2.45, 2.75) is 25.9 Å². The molecule has 1 aromatic heterocycles. The van der Waals surface area contributed by atoms with Gasteiger partial charge in [0.1, 0.15) is 5.60 Å². The summed E-state index contributed by atoms with van der Waals surface area (Å²) in [6.45, 7) is 3.92. The number of thiophene rings is 1. The van der Waals surface area contributed by atoms with Crippen LogP contribution in [-0.4, -0.2) is 5.11 Å². The van der Waals surface area contributed by atoms with Crippen LogP contribution in [0.2, 0.25) is 0 Å². The average Bonchev–Trinajstić information content (AvgIpc) is 2.68. The molecule has 2 rings (SSSR count). The maximum atomic E-state index is 10.6. The van der Waals surface area contributed by atoms with E-state index in [2.05, 4.69) is 22.0 Å². The first-order valence-electron chi connectivity index (χ1n) is 5.51. The number of halogens is 1. The lowest BCUT2D eigenvalue weighted by Crippen LogP contribution is -2.24. The van der Waals surface area contributed by atoms with Crippen LogP contribution < -0.4 is 0 Å². The van der Waals surface area contributed by atoms with Gasteiger partial charge in [0.25, 0.3) is 0 Å². The smallest absolute Gasteiger partial charge is 0.100 e. The Morgan fingerprint density at radius 2 is 2.00 bits per heavy atom. The van der Waals surface area contributed by atoms with Crippen LogP contribution in [0.15, 0.2) is 40.2 Å². The third kappa shape index (κ3) is 2.79. The lowest BCUT2D eigenvalue weighted by atomic mass is 9.93. The number of rotatable bonds is 3. The molecular weight excluding hydrogens is 296 g/mol. The number of hydrogen-bond acceptors (Lipinski definition) is 2. The van der Waals surface area contributed by atoms with Crippen molar-refractivity contribution < 1.29 is 5.11 Å². The standard InChI is InChI=1S/C14H15BrOS/c1-10-7-8-17-13(10)14(2,16)9-11-5-3-4-6-12(11)15/h3-8,16H,9H2,1-2H3. The lowest BCUT2D eigenvalue weighted by Gasteiger charge is -2.23. The molecule has 1 heterocycles. The van der Waals surface area contributed by atoms with Crippen LogP contribution in [0, 0.1) is 6.92 Å². The normalized spacial score (nSPS) is 14.6. The van der Waals surface area contributed by atoms with E-state index in [1.165, 1.54) is 0 Å². The molecule has 0 aliphatic carbocycles. The number of aryl methyl sites for hydroxylation is 1. The van der Waals surface area contributed by atoms with Crippen molar-refractivity contribution in [1.82, 2.24) is 0 Å². The first kappa shape index (κ1) is 12.8. The van der Waals surface area contributed by atoms with E-state index in [1.54, 1.807) is 11.3 Å². The molecule has 1 nitrogen and oxygen atoms in total. The predicted molar refractivity (Wildman–Crippen MR) is 76.5 cm³/mol. The summed E-state index contributed by atoms with van der Waals surface area (Å²) in [6, 6.07) is 10.1. The molecule has 1 aromatic carbocycles. The summed E-state index contributed by atoms with van der Waals surface area (Å²) in [5.41, 5.74) is 1.49. The fourth-order valence-electron chi connectivity index (χ4n) is 2.02. The molecule has 0 saturated heterocycles. The van der Waals surface area contributed by atoms with Crippen molar-refractivity contribution in [1.29, 1.82) is 0 Å². The minimum Gasteiger partial charge on any atom is -0.384 e. The highest BCUT2D eigenvalue weighted by atomic mass is 79.9. The summed E-state index contributed by atoms with van der Waals surface area (Å²) in [5, 5.41) is 12.6. The van der Waals surface area contributed by atoms with Gasteiger partial charge in [-0.05, 0) is 42.5 Å². The van der Waals surface area contributed by atoms with Crippen molar-refractivity contribution in [3.63, 3.8) is 0 Å². The minimum atomic E-state index is -0.803. The van der Waals surface area contributed by atoms with Crippen molar-refractivity contribution >= 4 is 27.3 Å². The molecule has 0 bridgehead atoms. The Balaban J connectivity index is 2.30. The highest BCUT2D eigenvalue weighted by Gasteiger charge is 2.27. The SMILES string of the molecule is Cc1ccsc1C(C)(O)Cc1ccccc1Br. The third-order valence-electron chi connectivity index (χ3n) is 2.84. The van der Waals surface area contributed by atoms with Gasteiger partial charge >= 0.3 is 0 Å². The molecule has 0 saturated carbocycles.